The summed E-state index contributed by atoms with van der Waals surface area (Å²) in [6.07, 6.45) is 0. The molecular weight excluding hydrogens is 238 g/mol. The highest BCUT2D eigenvalue weighted by Gasteiger charge is 2.22. The van der Waals surface area contributed by atoms with Gasteiger partial charge in [-0.2, -0.15) is 0 Å². The summed E-state index contributed by atoms with van der Waals surface area (Å²) in [4.78, 5) is 11.4. The van der Waals surface area contributed by atoms with Gasteiger partial charge in [0.25, 0.3) is 0 Å². The number of carbonyl (C=O) groups excluding carboxylic acids is 1. The van der Waals surface area contributed by atoms with E-state index in [-0.39, 0.29) is 29.8 Å². The number of hydrogen-bond donors (Lipinski definition) is 1. The first-order valence-corrected chi connectivity index (χ1v) is 5.30. The van der Waals surface area contributed by atoms with E-state index in [1.54, 1.807) is 12.1 Å². The number of carbonyl (C=O) groups is 1. The first-order chi connectivity index (χ1) is 7.36. The molecule has 0 saturated carbocycles. The molecule has 0 radical (unpaired) electrons. The fourth-order valence-electron chi connectivity index (χ4n) is 1.48. The van der Waals surface area contributed by atoms with Crippen molar-refractivity contribution in [3.8, 4) is 0 Å². The van der Waals surface area contributed by atoms with Crippen LogP contribution in [-0.2, 0) is 4.74 Å². The van der Waals surface area contributed by atoms with E-state index in [2.05, 4.69) is 25.5 Å². The van der Waals surface area contributed by atoms with Gasteiger partial charge in [0.05, 0.1) is 12.7 Å². The van der Waals surface area contributed by atoms with Crippen LogP contribution in [0.4, 0.5) is 0 Å². The third kappa shape index (κ3) is 4.02. The standard InChI is InChI=1S/C13H19NO2.ClH/c1-13(2,3)11(14)9-6-5-7-10(8-9)12(15)16-4;/h5-8,11H,14H2,1-4H3;1H/t11-;/m1./s1. The zero-order chi connectivity index (χ0) is 12.3. The predicted molar refractivity (Wildman–Crippen MR) is 71.4 cm³/mol. The molecule has 0 aliphatic heterocycles. The summed E-state index contributed by atoms with van der Waals surface area (Å²) in [5.74, 6) is -0.331. The summed E-state index contributed by atoms with van der Waals surface area (Å²) in [5.41, 5.74) is 7.59. The lowest BCUT2D eigenvalue weighted by Crippen LogP contribution is -2.26. The molecule has 0 aliphatic rings. The molecule has 0 aliphatic carbocycles. The molecule has 0 fully saturated rings. The molecule has 96 valence electrons. The van der Waals surface area contributed by atoms with Gasteiger partial charge in [0.2, 0.25) is 0 Å². The van der Waals surface area contributed by atoms with Crippen LogP contribution in [0.15, 0.2) is 24.3 Å². The van der Waals surface area contributed by atoms with E-state index >= 15 is 0 Å². The number of benzene rings is 1. The fourth-order valence-corrected chi connectivity index (χ4v) is 1.48. The average Bonchev–Trinajstić information content (AvgIpc) is 2.26. The summed E-state index contributed by atoms with van der Waals surface area (Å²) in [6.45, 7) is 6.22. The summed E-state index contributed by atoms with van der Waals surface area (Å²) in [7, 11) is 1.37. The van der Waals surface area contributed by atoms with Crippen molar-refractivity contribution in [1.29, 1.82) is 0 Å². The summed E-state index contributed by atoms with van der Waals surface area (Å²) < 4.78 is 4.68. The highest BCUT2D eigenvalue weighted by molar-refractivity contribution is 5.89. The molecular formula is C13H20ClNO2. The van der Waals surface area contributed by atoms with Crippen LogP contribution >= 0.6 is 12.4 Å². The molecule has 0 amide bonds. The van der Waals surface area contributed by atoms with Crippen molar-refractivity contribution in [2.24, 2.45) is 11.1 Å². The normalized spacial score (nSPS) is 12.5. The Morgan fingerprint density at radius 2 is 1.94 bits per heavy atom. The number of ether oxygens (including phenoxy) is 1. The Morgan fingerprint density at radius 3 is 2.41 bits per heavy atom. The second-order valence-corrected chi connectivity index (χ2v) is 4.96. The van der Waals surface area contributed by atoms with E-state index in [9.17, 15) is 4.79 Å². The van der Waals surface area contributed by atoms with Gasteiger partial charge in [-0.1, -0.05) is 32.9 Å². The van der Waals surface area contributed by atoms with Crippen molar-refractivity contribution in [3.05, 3.63) is 35.4 Å². The first-order valence-electron chi connectivity index (χ1n) is 5.30. The van der Waals surface area contributed by atoms with Gasteiger partial charge >= 0.3 is 5.97 Å². The Labute approximate surface area is 109 Å². The van der Waals surface area contributed by atoms with Gasteiger partial charge in [0.1, 0.15) is 0 Å². The van der Waals surface area contributed by atoms with Gasteiger partial charge in [-0.25, -0.2) is 4.79 Å². The minimum atomic E-state index is -0.331. The van der Waals surface area contributed by atoms with E-state index < -0.39 is 0 Å². The van der Waals surface area contributed by atoms with Crippen molar-refractivity contribution in [2.45, 2.75) is 26.8 Å². The van der Waals surface area contributed by atoms with Crippen LogP contribution in [0.2, 0.25) is 0 Å². The molecule has 1 aromatic rings. The Bertz CT molecular complexity index is 385. The quantitative estimate of drug-likeness (QED) is 0.829. The molecule has 2 N–H and O–H groups in total. The molecule has 0 unspecified atom stereocenters. The molecule has 4 heteroatoms. The minimum Gasteiger partial charge on any atom is -0.465 e. The van der Waals surface area contributed by atoms with Crippen LogP contribution in [0.25, 0.3) is 0 Å². The Hall–Kier alpha value is -1.06. The highest BCUT2D eigenvalue weighted by atomic mass is 35.5. The van der Waals surface area contributed by atoms with E-state index in [0.717, 1.165) is 5.56 Å². The number of hydrogen-bond acceptors (Lipinski definition) is 3. The van der Waals surface area contributed by atoms with Crippen molar-refractivity contribution in [2.75, 3.05) is 7.11 Å². The molecule has 1 atom stereocenters. The lowest BCUT2D eigenvalue weighted by molar-refractivity contribution is 0.0600. The van der Waals surface area contributed by atoms with Crippen molar-refractivity contribution in [3.63, 3.8) is 0 Å². The van der Waals surface area contributed by atoms with Gasteiger partial charge in [0, 0.05) is 6.04 Å². The Kier molecular flexibility index (Phi) is 5.66. The van der Waals surface area contributed by atoms with Crippen LogP contribution in [-0.4, -0.2) is 13.1 Å². The SMILES string of the molecule is COC(=O)c1cccc([C@@H](N)C(C)(C)C)c1.Cl. The monoisotopic (exact) mass is 257 g/mol. The molecule has 0 heterocycles. The number of methoxy groups -OCH3 is 1. The first kappa shape index (κ1) is 15.9. The van der Waals surface area contributed by atoms with E-state index in [4.69, 9.17) is 5.73 Å². The van der Waals surface area contributed by atoms with Crippen molar-refractivity contribution in [1.82, 2.24) is 0 Å². The maximum absolute atomic E-state index is 11.4. The van der Waals surface area contributed by atoms with Crippen LogP contribution in [0.5, 0.6) is 0 Å². The molecule has 0 bridgehead atoms. The van der Waals surface area contributed by atoms with Crippen LogP contribution < -0.4 is 5.73 Å². The molecule has 0 aromatic heterocycles. The maximum atomic E-state index is 11.4. The van der Waals surface area contributed by atoms with Gasteiger partial charge in [0.15, 0.2) is 0 Å². The lowest BCUT2D eigenvalue weighted by Gasteiger charge is -2.27. The largest absolute Gasteiger partial charge is 0.465 e. The molecule has 3 nitrogen and oxygen atoms in total. The molecule has 1 rings (SSSR count). The molecule has 0 spiro atoms. The second-order valence-electron chi connectivity index (χ2n) is 4.96. The summed E-state index contributed by atoms with van der Waals surface area (Å²) in [5, 5.41) is 0. The van der Waals surface area contributed by atoms with E-state index in [0.29, 0.717) is 5.56 Å². The van der Waals surface area contributed by atoms with Crippen molar-refractivity contribution < 1.29 is 9.53 Å². The van der Waals surface area contributed by atoms with Crippen LogP contribution in [0.1, 0.15) is 42.7 Å². The molecule has 0 saturated heterocycles. The summed E-state index contributed by atoms with van der Waals surface area (Å²) >= 11 is 0. The zero-order valence-corrected chi connectivity index (χ0v) is 11.5. The smallest absolute Gasteiger partial charge is 0.337 e. The van der Waals surface area contributed by atoms with E-state index in [1.165, 1.54) is 7.11 Å². The van der Waals surface area contributed by atoms with Gasteiger partial charge in [-0.05, 0) is 23.1 Å². The average molecular weight is 258 g/mol. The van der Waals surface area contributed by atoms with Crippen LogP contribution in [0.3, 0.4) is 0 Å². The Morgan fingerprint density at radius 1 is 1.35 bits per heavy atom. The van der Waals surface area contributed by atoms with Crippen molar-refractivity contribution >= 4 is 18.4 Å². The summed E-state index contributed by atoms with van der Waals surface area (Å²) in [6, 6.07) is 7.18. The fraction of sp³-hybridized carbons (Fsp3) is 0.462. The number of esters is 1. The maximum Gasteiger partial charge on any atom is 0.337 e. The lowest BCUT2D eigenvalue weighted by atomic mass is 9.83. The molecule has 17 heavy (non-hydrogen) atoms. The number of rotatable bonds is 2. The third-order valence-electron chi connectivity index (χ3n) is 2.60. The Balaban J connectivity index is 0.00000256. The molecule has 1 aromatic carbocycles. The topological polar surface area (TPSA) is 52.3 Å². The van der Waals surface area contributed by atoms with Gasteiger partial charge < -0.3 is 10.5 Å². The predicted octanol–water partition coefficient (Wildman–Crippen LogP) is 2.94. The number of nitrogens with two attached hydrogens (primary N) is 1. The second kappa shape index (κ2) is 6.03. The van der Waals surface area contributed by atoms with Gasteiger partial charge in [-0.3, -0.25) is 0 Å². The third-order valence-corrected chi connectivity index (χ3v) is 2.60. The minimum absolute atomic E-state index is 0. The highest BCUT2D eigenvalue weighted by Crippen LogP contribution is 2.30. The van der Waals surface area contributed by atoms with Crippen LogP contribution in [0, 0.1) is 5.41 Å². The number of halogens is 1. The zero-order valence-electron chi connectivity index (χ0n) is 10.7. The van der Waals surface area contributed by atoms with E-state index in [1.807, 2.05) is 12.1 Å². The van der Waals surface area contributed by atoms with Gasteiger partial charge in [-0.15, -0.1) is 12.4 Å².